The lowest BCUT2D eigenvalue weighted by Crippen LogP contribution is -2.64. The Morgan fingerprint density at radius 3 is 0.942 bits per heavy atom. The minimum Gasteiger partial charge on any atom is -0.501 e. The topological polar surface area (TPSA) is 623 Å². The first-order chi connectivity index (χ1) is 57.3. The highest BCUT2D eigenvalue weighted by Gasteiger charge is 2.48. The molecular formula is C72H137N3O41P4. The molecule has 20 atom stereocenters. The Morgan fingerprint density at radius 2 is 0.658 bits per heavy atom. The molecule has 120 heavy (non-hydrogen) atoms. The van der Waals surface area contributed by atoms with Crippen molar-refractivity contribution in [1.29, 1.82) is 0 Å². The molecule has 17 N–H and O–H groups in total. The van der Waals surface area contributed by atoms with E-state index in [1.54, 1.807) is 6.26 Å². The molecule has 0 aromatic carbocycles. The monoisotopic (exact) mass is 1820 g/mol. The highest BCUT2D eigenvalue weighted by atomic mass is 31.2. The van der Waals surface area contributed by atoms with E-state index < -0.39 is 173 Å². The van der Waals surface area contributed by atoms with Gasteiger partial charge in [0.05, 0.1) is 131 Å². The fourth-order valence-electron chi connectivity index (χ4n) is 12.3. The zero-order valence-corrected chi connectivity index (χ0v) is 72.6. The number of aliphatic hydroxyl groups is 10. The van der Waals surface area contributed by atoms with Crippen LogP contribution in [-0.2, 0) is 126 Å². The number of ether oxygens (including phenoxy) is 12. The normalized spacial score (nSPS) is 27.0. The zero-order valence-electron chi connectivity index (χ0n) is 69.1. The lowest BCUT2D eigenvalue weighted by Gasteiger charge is -2.42. The van der Waals surface area contributed by atoms with Crippen LogP contribution in [0.4, 0.5) is 0 Å². The van der Waals surface area contributed by atoms with Crippen molar-refractivity contribution in [3.05, 3.63) is 12.3 Å². The summed E-state index contributed by atoms with van der Waals surface area (Å²) in [5, 5.41) is 109. The van der Waals surface area contributed by atoms with Gasteiger partial charge in [-0.15, -0.1) is 0 Å². The van der Waals surface area contributed by atoms with Crippen LogP contribution in [0.1, 0.15) is 149 Å². The molecule has 1 aliphatic carbocycles. The number of unbranched alkanes of at least 4 members (excludes halogenated alkanes) is 9. The summed E-state index contributed by atoms with van der Waals surface area (Å²) in [5.74, 6) is -1.30. The molecule has 1 saturated carbocycles. The Labute approximate surface area is 701 Å². The van der Waals surface area contributed by atoms with E-state index in [2.05, 4.69) is 22.0 Å². The summed E-state index contributed by atoms with van der Waals surface area (Å²) >= 11 is 0. The van der Waals surface area contributed by atoms with Crippen LogP contribution in [0.25, 0.3) is 0 Å². The Balaban J connectivity index is 1.33. The molecule has 3 amide bonds. The highest BCUT2D eigenvalue weighted by Crippen LogP contribution is 2.47. The van der Waals surface area contributed by atoms with Gasteiger partial charge in [-0.3, -0.25) is 50.6 Å². The lowest BCUT2D eigenvalue weighted by molar-refractivity contribution is -0.270. The Bertz CT molecular complexity index is 2730. The summed E-state index contributed by atoms with van der Waals surface area (Å²) in [6, 6.07) is -3.33. The average molecular weight is 1820 g/mol. The van der Waals surface area contributed by atoms with Crippen molar-refractivity contribution < 1.29 is 196 Å². The smallest absolute Gasteiger partial charge is 0.472 e. The first kappa shape index (κ1) is 110. The van der Waals surface area contributed by atoms with Gasteiger partial charge in [0, 0.05) is 86.0 Å². The molecular weight excluding hydrogens is 1690 g/mol. The number of rotatable bonds is 73. The van der Waals surface area contributed by atoms with E-state index in [9.17, 15) is 103 Å². The molecule has 0 radical (unpaired) electrons. The van der Waals surface area contributed by atoms with Gasteiger partial charge in [0.2, 0.25) is 17.7 Å². The number of allylic oxidation sites excluding steroid dienone is 1. The molecule has 0 bridgehead atoms. The van der Waals surface area contributed by atoms with Gasteiger partial charge in [0.1, 0.15) is 73.1 Å². The number of nitrogens with one attached hydrogen (secondary N) is 3. The third-order valence-corrected chi connectivity index (χ3v) is 23.1. The number of aliphatic hydroxyl groups excluding tert-OH is 10. The van der Waals surface area contributed by atoms with Gasteiger partial charge in [-0.1, -0.05) is 44.9 Å². The second-order valence-corrected chi connectivity index (χ2v) is 35.5. The van der Waals surface area contributed by atoms with E-state index in [1.165, 1.54) is 40.0 Å². The van der Waals surface area contributed by atoms with Crippen LogP contribution < -0.4 is 16.0 Å². The average Bonchev–Trinajstić information content (AvgIpc) is 0.818. The predicted molar refractivity (Wildman–Crippen MR) is 419 cm³/mol. The van der Waals surface area contributed by atoms with Crippen LogP contribution in [0.15, 0.2) is 12.3 Å². The SMILES string of the molecule is CC(=O)NC1C(OCCCCCCOP(=O)(O)OCCCOCC(COCCCOP(=O)(O)OCCCCCCOC2OC(CO)C(O)C(O)C2NC(C)=O)(COCCCOP(=O)(O)OCCCCCCOC2OC(CO)C(O)C(O)C2NC(C)=O)COP(=O)(O)OCCCOCC(CO)COCCCO/C=C/C2CCC2)OC(CO)C(O)C1O. The van der Waals surface area contributed by atoms with Crippen LogP contribution >= 0.6 is 31.3 Å². The van der Waals surface area contributed by atoms with Crippen LogP contribution in [0, 0.1) is 17.3 Å². The maximum absolute atomic E-state index is 13.6. The van der Waals surface area contributed by atoms with Gasteiger partial charge < -0.3 is 143 Å². The van der Waals surface area contributed by atoms with Gasteiger partial charge in [-0.05, 0) is 89.0 Å². The molecule has 44 nitrogen and oxygen atoms in total. The van der Waals surface area contributed by atoms with Crippen molar-refractivity contribution in [1.82, 2.24) is 16.0 Å². The van der Waals surface area contributed by atoms with Crippen LogP contribution in [0.3, 0.4) is 0 Å². The molecule has 0 aromatic heterocycles. The molecule has 4 fully saturated rings. The highest BCUT2D eigenvalue weighted by molar-refractivity contribution is 7.48. The van der Waals surface area contributed by atoms with Gasteiger partial charge in [0.25, 0.3) is 0 Å². The largest absolute Gasteiger partial charge is 0.501 e. The van der Waals surface area contributed by atoms with E-state index in [1.807, 2.05) is 0 Å². The van der Waals surface area contributed by atoms with Crippen LogP contribution in [0.5, 0.6) is 0 Å². The van der Waals surface area contributed by atoms with Crippen molar-refractivity contribution in [2.75, 3.05) is 172 Å². The third-order valence-electron chi connectivity index (χ3n) is 19.1. The zero-order chi connectivity index (χ0) is 88.3. The van der Waals surface area contributed by atoms with Crippen LogP contribution in [-0.4, -0.2) is 352 Å². The molecule has 0 aromatic rings. The van der Waals surface area contributed by atoms with Crippen molar-refractivity contribution in [3.8, 4) is 0 Å². The number of carbonyl (C=O) groups excluding carboxylic acids is 3. The van der Waals surface area contributed by atoms with Gasteiger partial charge in [0.15, 0.2) is 18.9 Å². The Hall–Kier alpha value is -2.45. The van der Waals surface area contributed by atoms with E-state index in [-0.39, 0.29) is 164 Å². The molecule has 3 heterocycles. The molecule has 3 saturated heterocycles. The lowest BCUT2D eigenvalue weighted by atomic mass is 9.86. The number of carbonyl (C=O) groups is 3. The van der Waals surface area contributed by atoms with Crippen molar-refractivity contribution in [2.24, 2.45) is 17.3 Å². The summed E-state index contributed by atoms with van der Waals surface area (Å²) in [7, 11) is -18.7. The maximum Gasteiger partial charge on any atom is 0.472 e. The fraction of sp³-hybridized carbons (Fsp3) is 0.931. The first-order valence-corrected chi connectivity index (χ1v) is 47.1. The van der Waals surface area contributed by atoms with E-state index in [0.29, 0.717) is 103 Å². The Morgan fingerprint density at radius 1 is 0.375 bits per heavy atom. The molecule has 4 aliphatic rings. The molecule has 3 aliphatic heterocycles. The van der Waals surface area contributed by atoms with E-state index >= 15 is 0 Å². The van der Waals surface area contributed by atoms with Crippen LogP contribution in [0.2, 0.25) is 0 Å². The number of amides is 3. The minimum atomic E-state index is -4.92. The van der Waals surface area contributed by atoms with Gasteiger partial charge in [-0.2, -0.15) is 0 Å². The summed E-state index contributed by atoms with van der Waals surface area (Å²) in [6.07, 6.45) is -2.24. The number of phosphoric acid groups is 4. The molecule has 4 rings (SSSR count). The molecule has 0 spiro atoms. The van der Waals surface area contributed by atoms with E-state index in [0.717, 1.165) is 0 Å². The fourth-order valence-corrected chi connectivity index (χ4v) is 15.5. The van der Waals surface area contributed by atoms with Crippen molar-refractivity contribution >= 4 is 49.0 Å². The summed E-state index contributed by atoms with van der Waals surface area (Å²) in [6.45, 7) is -1.04. The standard InChI is InChI=1S/C72H137N3O41P4/c1-52(80)73-60-66(86)63(83)57(43-77)114-69(60)103-31-10-4-7-13-34-106-117(89,90)109-38-19-28-100-48-72(51-113-120(95,96)112-37-18-27-99-47-56(42-76)46-98-26-17-25-97-41-24-55-22-16-23-55,49-101-29-20-39-110-118(91,92)107-35-14-8-5-11-32-104-70-61(74-53(2)81)67(87)64(84)58(44-78)115-70)50-102-30-21-40-111-119(93,94)108-36-15-9-6-12-33-105-71-62(75-54(3)82)68(88)65(85)59(45-79)116-71/h24,41,55-71,76-79,83-88H,4-23,25-40,42-51H2,1-3H3,(H,73,80)(H,74,81)(H,75,82)(H,89,90)(H,91,92)(H,93,94)(H,95,96)/b41-24+. The van der Waals surface area contributed by atoms with E-state index in [4.69, 9.17) is 93.0 Å². The number of phosphoric ester groups is 4. The summed E-state index contributed by atoms with van der Waals surface area (Å²) in [5.41, 5.74) is -1.52. The molecule has 48 heteroatoms. The Kier molecular flexibility index (Phi) is 56.7. The predicted octanol–water partition coefficient (Wildman–Crippen LogP) is 1.04. The third kappa shape index (κ3) is 46.5. The second-order valence-electron chi connectivity index (χ2n) is 29.6. The summed E-state index contributed by atoms with van der Waals surface area (Å²) < 4.78 is 163. The molecule has 706 valence electrons. The molecule has 20 unspecified atom stereocenters. The van der Waals surface area contributed by atoms with Gasteiger partial charge in [-0.25, -0.2) is 18.3 Å². The maximum atomic E-state index is 13.6. The second kappa shape index (κ2) is 61.9. The number of hydrogen-bond donors (Lipinski definition) is 17. The van der Waals surface area contributed by atoms with Gasteiger partial charge >= 0.3 is 31.3 Å². The quantitative estimate of drug-likeness (QED) is 0.0230. The summed E-state index contributed by atoms with van der Waals surface area (Å²) in [4.78, 5) is 77.9. The minimum absolute atomic E-state index is 0.0137. The van der Waals surface area contributed by atoms with Crippen molar-refractivity contribution in [3.63, 3.8) is 0 Å². The first-order valence-electron chi connectivity index (χ1n) is 41.1. The number of hydrogen-bond acceptors (Lipinski definition) is 37. The van der Waals surface area contributed by atoms with Crippen molar-refractivity contribution in [2.45, 2.75) is 241 Å².